The first-order valence-corrected chi connectivity index (χ1v) is 7.83. The summed E-state index contributed by atoms with van der Waals surface area (Å²) in [7, 11) is 1.52. The highest BCUT2D eigenvalue weighted by atomic mass is 16.5. The first kappa shape index (κ1) is 16.7. The monoisotopic (exact) mass is 337 g/mol. The molecule has 3 rings (SSSR count). The van der Waals surface area contributed by atoms with Gasteiger partial charge in [0.15, 0.2) is 0 Å². The number of aliphatic hydroxyl groups is 1. The van der Waals surface area contributed by atoms with E-state index >= 15 is 0 Å². The lowest BCUT2D eigenvalue weighted by Gasteiger charge is -2.11. The molecule has 0 bridgehead atoms. The molecule has 0 amide bonds. The zero-order valence-electron chi connectivity index (χ0n) is 14.3. The number of nitrogens with two attached hydrogens (primary N) is 1. The van der Waals surface area contributed by atoms with Gasteiger partial charge in [-0.25, -0.2) is 4.98 Å². The van der Waals surface area contributed by atoms with Crippen molar-refractivity contribution in [3.63, 3.8) is 0 Å². The molecule has 1 unspecified atom stereocenters. The van der Waals surface area contributed by atoms with Crippen molar-refractivity contribution in [1.29, 1.82) is 0 Å². The van der Waals surface area contributed by atoms with Crippen molar-refractivity contribution in [2.24, 2.45) is 0 Å². The summed E-state index contributed by atoms with van der Waals surface area (Å²) >= 11 is 0. The van der Waals surface area contributed by atoms with Crippen molar-refractivity contribution in [1.82, 2.24) is 19.5 Å². The number of pyridine rings is 1. The predicted octanol–water partition coefficient (Wildman–Crippen LogP) is 1.92. The van der Waals surface area contributed by atoms with Gasteiger partial charge in [0.2, 0.25) is 11.8 Å². The van der Waals surface area contributed by atoms with E-state index in [4.69, 9.17) is 10.5 Å². The molecule has 0 aromatic carbocycles. The van der Waals surface area contributed by atoms with E-state index in [1.54, 1.807) is 19.2 Å². The molecule has 7 nitrogen and oxygen atoms in total. The van der Waals surface area contributed by atoms with Gasteiger partial charge in [0, 0.05) is 23.8 Å². The molecule has 3 N–H and O–H groups in total. The fraction of sp³-hybridized carbons (Fsp3) is 0.278. The van der Waals surface area contributed by atoms with Gasteiger partial charge in [0.25, 0.3) is 0 Å². The molecule has 3 aromatic heterocycles. The Morgan fingerprint density at radius 2 is 2.16 bits per heavy atom. The minimum absolute atomic E-state index is 0.129. The van der Waals surface area contributed by atoms with Crippen LogP contribution in [-0.2, 0) is 0 Å². The summed E-state index contributed by atoms with van der Waals surface area (Å²) in [5.41, 5.74) is 6.15. The van der Waals surface area contributed by atoms with E-state index in [0.29, 0.717) is 23.8 Å². The number of aromatic nitrogens is 4. The van der Waals surface area contributed by atoms with Gasteiger partial charge in [-0.05, 0) is 31.4 Å². The molecule has 128 valence electrons. The molecule has 0 fully saturated rings. The van der Waals surface area contributed by atoms with Crippen molar-refractivity contribution in [3.05, 3.63) is 36.3 Å². The fourth-order valence-electron chi connectivity index (χ4n) is 2.24. The Morgan fingerprint density at radius 3 is 2.88 bits per heavy atom. The summed E-state index contributed by atoms with van der Waals surface area (Å²) in [6.07, 6.45) is 4.14. The Bertz CT molecular complexity index is 982. The summed E-state index contributed by atoms with van der Waals surface area (Å²) < 4.78 is 7.01. The minimum Gasteiger partial charge on any atom is -0.481 e. The van der Waals surface area contributed by atoms with Gasteiger partial charge in [-0.1, -0.05) is 12.8 Å². The van der Waals surface area contributed by atoms with Gasteiger partial charge in [0.05, 0.1) is 12.6 Å². The van der Waals surface area contributed by atoms with Gasteiger partial charge in [-0.2, -0.15) is 9.97 Å². The standard InChI is InChI=1S/C18H19N5O2/c1-4-18(2,24)7-5-13-9-14-12(11-20-13)6-8-23(14)15-10-16(25-3)22-17(19)21-15/h6,8-11,24H,4H2,1-3H3,(H2,19,21,22). The summed E-state index contributed by atoms with van der Waals surface area (Å²) in [6, 6.07) is 5.47. The highest BCUT2D eigenvalue weighted by molar-refractivity contribution is 5.81. The lowest BCUT2D eigenvalue weighted by molar-refractivity contribution is 0.118. The Kier molecular flexibility index (Phi) is 4.30. The van der Waals surface area contributed by atoms with Crippen LogP contribution < -0.4 is 10.5 Å². The number of ether oxygens (including phenoxy) is 1. The summed E-state index contributed by atoms with van der Waals surface area (Å²) in [4.78, 5) is 12.6. The van der Waals surface area contributed by atoms with Crippen LogP contribution in [0.3, 0.4) is 0 Å². The number of fused-ring (bicyclic) bond motifs is 1. The fourth-order valence-corrected chi connectivity index (χ4v) is 2.24. The molecular weight excluding hydrogens is 318 g/mol. The number of hydrogen-bond acceptors (Lipinski definition) is 6. The summed E-state index contributed by atoms with van der Waals surface area (Å²) in [6.45, 7) is 3.56. The Morgan fingerprint density at radius 1 is 1.36 bits per heavy atom. The van der Waals surface area contributed by atoms with Crippen LogP contribution in [0.2, 0.25) is 0 Å². The molecular formula is C18H19N5O2. The SMILES string of the molecule is CCC(C)(O)C#Cc1cc2c(ccn2-c2cc(OC)nc(N)n2)cn1. The highest BCUT2D eigenvalue weighted by Crippen LogP contribution is 2.22. The zero-order valence-corrected chi connectivity index (χ0v) is 14.3. The van der Waals surface area contributed by atoms with E-state index in [-0.39, 0.29) is 5.95 Å². The average Bonchev–Trinajstić information content (AvgIpc) is 3.02. The number of nitrogen functional groups attached to an aromatic ring is 1. The van der Waals surface area contributed by atoms with Crippen LogP contribution in [0.1, 0.15) is 26.0 Å². The average molecular weight is 337 g/mol. The van der Waals surface area contributed by atoms with Crippen molar-refractivity contribution in [2.45, 2.75) is 25.9 Å². The van der Waals surface area contributed by atoms with Crippen LogP contribution >= 0.6 is 0 Å². The first-order chi connectivity index (χ1) is 11.9. The predicted molar refractivity (Wildman–Crippen MR) is 95.4 cm³/mol. The van der Waals surface area contributed by atoms with Gasteiger partial charge in [0.1, 0.15) is 17.1 Å². The van der Waals surface area contributed by atoms with Crippen LogP contribution in [0.15, 0.2) is 30.6 Å². The van der Waals surface area contributed by atoms with Crippen LogP contribution in [0.25, 0.3) is 16.7 Å². The number of rotatable bonds is 3. The van der Waals surface area contributed by atoms with Gasteiger partial charge in [-0.15, -0.1) is 0 Å². The van der Waals surface area contributed by atoms with Crippen molar-refractivity contribution in [2.75, 3.05) is 12.8 Å². The molecule has 0 saturated carbocycles. The topological polar surface area (TPSA) is 99.1 Å². The van der Waals surface area contributed by atoms with Crippen LogP contribution in [-0.4, -0.2) is 37.3 Å². The molecule has 0 saturated heterocycles. The number of methoxy groups -OCH3 is 1. The smallest absolute Gasteiger partial charge is 0.225 e. The van der Waals surface area contributed by atoms with E-state index in [0.717, 1.165) is 10.9 Å². The van der Waals surface area contributed by atoms with E-state index < -0.39 is 5.60 Å². The minimum atomic E-state index is -1.03. The zero-order chi connectivity index (χ0) is 18.0. The van der Waals surface area contributed by atoms with Gasteiger partial charge >= 0.3 is 0 Å². The normalized spacial score (nSPS) is 13.1. The summed E-state index contributed by atoms with van der Waals surface area (Å²) in [5, 5.41) is 11.0. The van der Waals surface area contributed by atoms with Crippen molar-refractivity contribution < 1.29 is 9.84 Å². The maximum Gasteiger partial charge on any atom is 0.225 e. The Balaban J connectivity index is 2.09. The molecule has 7 heteroatoms. The van der Waals surface area contributed by atoms with Crippen molar-refractivity contribution in [3.8, 4) is 23.5 Å². The second-order valence-electron chi connectivity index (χ2n) is 5.82. The molecule has 0 aliphatic rings. The van der Waals surface area contributed by atoms with E-state index in [1.807, 2.05) is 29.8 Å². The number of anilines is 1. The molecule has 25 heavy (non-hydrogen) atoms. The van der Waals surface area contributed by atoms with Crippen LogP contribution in [0.4, 0.5) is 5.95 Å². The van der Waals surface area contributed by atoms with E-state index in [1.165, 1.54) is 7.11 Å². The molecule has 0 aliphatic heterocycles. The largest absolute Gasteiger partial charge is 0.481 e. The second kappa shape index (κ2) is 6.42. The third kappa shape index (κ3) is 3.54. The lowest BCUT2D eigenvalue weighted by atomic mass is 10.0. The first-order valence-electron chi connectivity index (χ1n) is 7.83. The van der Waals surface area contributed by atoms with Crippen LogP contribution in [0.5, 0.6) is 5.88 Å². The summed E-state index contributed by atoms with van der Waals surface area (Å²) in [5.74, 6) is 6.86. The van der Waals surface area contributed by atoms with Gasteiger partial charge < -0.3 is 20.1 Å². The molecule has 0 spiro atoms. The molecule has 3 aromatic rings. The Labute approximate surface area is 145 Å². The third-order valence-electron chi connectivity index (χ3n) is 3.89. The molecule has 0 aliphatic carbocycles. The van der Waals surface area contributed by atoms with E-state index in [2.05, 4.69) is 26.8 Å². The molecule has 0 radical (unpaired) electrons. The molecule has 1 atom stereocenters. The second-order valence-corrected chi connectivity index (χ2v) is 5.82. The maximum atomic E-state index is 10.0. The van der Waals surface area contributed by atoms with Crippen molar-refractivity contribution >= 4 is 16.9 Å². The van der Waals surface area contributed by atoms with Gasteiger partial charge in [-0.3, -0.25) is 0 Å². The third-order valence-corrected chi connectivity index (χ3v) is 3.89. The lowest BCUT2D eigenvalue weighted by Crippen LogP contribution is -2.19. The number of nitrogens with zero attached hydrogens (tertiary/aromatic N) is 4. The molecule has 3 heterocycles. The highest BCUT2D eigenvalue weighted by Gasteiger charge is 2.13. The quantitative estimate of drug-likeness (QED) is 0.709. The maximum absolute atomic E-state index is 10.0. The Hall–Kier alpha value is -3.11. The van der Waals surface area contributed by atoms with Crippen LogP contribution in [0, 0.1) is 11.8 Å². The number of hydrogen-bond donors (Lipinski definition) is 2. The van der Waals surface area contributed by atoms with E-state index in [9.17, 15) is 5.11 Å².